The Morgan fingerprint density at radius 1 is 1.12 bits per heavy atom. The van der Waals surface area contributed by atoms with Gasteiger partial charge in [0.05, 0.1) is 34.6 Å². The average Bonchev–Trinajstić information content (AvgIpc) is 3.19. The molecule has 9 nitrogen and oxygen atoms in total. The number of aromatic nitrogens is 4. The first-order chi connectivity index (χ1) is 18.9. The quantitative estimate of drug-likeness (QED) is 0.314. The van der Waals surface area contributed by atoms with Crippen LogP contribution in [0.25, 0.3) is 33.2 Å². The number of pyridine rings is 2. The number of nitriles is 1. The second kappa shape index (κ2) is 9.82. The third-order valence-electron chi connectivity index (χ3n) is 6.58. The van der Waals surface area contributed by atoms with Gasteiger partial charge in [0.25, 0.3) is 0 Å². The first kappa shape index (κ1) is 26.9. The van der Waals surface area contributed by atoms with Crippen molar-refractivity contribution in [1.82, 2.24) is 24.0 Å². The number of hydrogen-bond acceptors (Lipinski definition) is 6. The van der Waals surface area contributed by atoms with E-state index in [4.69, 9.17) is 4.74 Å². The molecule has 0 N–H and O–H groups in total. The number of carbonyl (C=O) groups is 1. The summed E-state index contributed by atoms with van der Waals surface area (Å²) in [5.74, 6) is 0. The van der Waals surface area contributed by atoms with Gasteiger partial charge in [0.15, 0.2) is 0 Å². The largest absolute Gasteiger partial charge is 0.444 e. The van der Waals surface area contributed by atoms with E-state index in [-0.39, 0.29) is 11.7 Å². The predicted molar refractivity (Wildman–Crippen MR) is 142 cm³/mol. The molecule has 0 fully saturated rings. The van der Waals surface area contributed by atoms with Crippen molar-refractivity contribution in [3.05, 3.63) is 65.7 Å². The van der Waals surface area contributed by atoms with Gasteiger partial charge in [0, 0.05) is 25.5 Å². The van der Waals surface area contributed by atoms with E-state index in [1.807, 2.05) is 45.0 Å². The highest BCUT2D eigenvalue weighted by atomic mass is 19.4. The summed E-state index contributed by atoms with van der Waals surface area (Å²) in [6.45, 7) is 6.37. The number of hydrogen-bond donors (Lipinski definition) is 0. The number of halogens is 3. The van der Waals surface area contributed by atoms with Crippen molar-refractivity contribution in [3.8, 4) is 11.9 Å². The lowest BCUT2D eigenvalue weighted by atomic mass is 9.97. The number of aryl methyl sites for hydroxylation is 1. The molecule has 206 valence electrons. The van der Waals surface area contributed by atoms with Crippen molar-refractivity contribution < 1.29 is 22.7 Å². The zero-order valence-electron chi connectivity index (χ0n) is 22.3. The van der Waals surface area contributed by atoms with Crippen LogP contribution in [0.4, 0.5) is 18.0 Å². The van der Waals surface area contributed by atoms with Gasteiger partial charge in [-0.05, 0) is 62.6 Å². The standard InChI is InChI=1S/C28H26F3N7O2/c1-27(2,3)40-26(39)37-11-9-17(10-12-37)18-5-7-21-20(13-18)24-22(15-33-21)36(4)25(35-16-32)38(24)19-6-8-23(34-14-19)28(29,30)31/h5-9,13-15H,10-12H2,1-4H3. The molecule has 0 spiro atoms. The Bertz CT molecular complexity index is 1770. The summed E-state index contributed by atoms with van der Waals surface area (Å²) in [5.41, 5.74) is 2.80. The molecule has 1 amide bonds. The SMILES string of the molecule is Cn1c(=NC#N)n(-c2ccc(C(F)(F)F)nc2)c2c3cc(C4=CCN(C(=O)OC(C)(C)C)CC4)ccc3ncc21. The van der Waals surface area contributed by atoms with Crippen molar-refractivity contribution in [3.63, 3.8) is 0 Å². The summed E-state index contributed by atoms with van der Waals surface area (Å²) in [7, 11) is 1.71. The maximum atomic E-state index is 13.2. The molecule has 0 radical (unpaired) electrons. The molecule has 1 aliphatic rings. The molecule has 4 heterocycles. The summed E-state index contributed by atoms with van der Waals surface area (Å²) >= 11 is 0. The zero-order valence-corrected chi connectivity index (χ0v) is 22.3. The topological polar surface area (TPSA) is 101 Å². The zero-order chi connectivity index (χ0) is 28.8. The summed E-state index contributed by atoms with van der Waals surface area (Å²) in [6, 6.07) is 7.98. The molecular formula is C28H26F3N7O2. The van der Waals surface area contributed by atoms with Gasteiger partial charge in [-0.2, -0.15) is 18.4 Å². The van der Waals surface area contributed by atoms with Crippen LogP contribution >= 0.6 is 0 Å². The van der Waals surface area contributed by atoms with Crippen LogP contribution in [0.5, 0.6) is 0 Å². The second-order valence-electron chi connectivity index (χ2n) is 10.4. The molecule has 4 aromatic rings. The van der Waals surface area contributed by atoms with Crippen LogP contribution in [-0.2, 0) is 18.0 Å². The molecule has 0 bridgehead atoms. The van der Waals surface area contributed by atoms with E-state index in [0.717, 1.165) is 28.8 Å². The summed E-state index contributed by atoms with van der Waals surface area (Å²) in [6.07, 6.45) is 2.18. The number of nitrogens with zero attached hydrogens (tertiary/aromatic N) is 7. The molecule has 3 aromatic heterocycles. The molecule has 0 saturated heterocycles. The van der Waals surface area contributed by atoms with Crippen molar-refractivity contribution in [2.24, 2.45) is 12.0 Å². The number of rotatable bonds is 2. The number of imidazole rings is 1. The number of fused-ring (bicyclic) bond motifs is 3. The fourth-order valence-corrected chi connectivity index (χ4v) is 4.73. The molecule has 5 rings (SSSR count). The maximum Gasteiger partial charge on any atom is 0.433 e. The maximum absolute atomic E-state index is 13.2. The first-order valence-corrected chi connectivity index (χ1v) is 12.5. The minimum Gasteiger partial charge on any atom is -0.444 e. The lowest BCUT2D eigenvalue weighted by Crippen LogP contribution is -2.39. The number of ether oxygens (including phenoxy) is 1. The van der Waals surface area contributed by atoms with E-state index >= 15 is 0 Å². The van der Waals surface area contributed by atoms with Crippen LogP contribution in [0.15, 0.2) is 53.8 Å². The highest BCUT2D eigenvalue weighted by molar-refractivity contribution is 6.04. The van der Waals surface area contributed by atoms with Crippen LogP contribution in [0, 0.1) is 11.5 Å². The van der Waals surface area contributed by atoms with Crippen molar-refractivity contribution in [2.75, 3.05) is 13.1 Å². The van der Waals surface area contributed by atoms with Crippen molar-refractivity contribution in [1.29, 1.82) is 5.26 Å². The lowest BCUT2D eigenvalue weighted by Gasteiger charge is -2.29. The highest BCUT2D eigenvalue weighted by Gasteiger charge is 2.32. The van der Waals surface area contributed by atoms with Gasteiger partial charge in [0.1, 0.15) is 11.3 Å². The Kier molecular flexibility index (Phi) is 6.61. The Balaban J connectivity index is 1.63. The van der Waals surface area contributed by atoms with E-state index in [1.54, 1.807) is 33.5 Å². The normalized spacial score (nSPS) is 14.9. The van der Waals surface area contributed by atoms with Crippen LogP contribution in [0.1, 0.15) is 38.4 Å². The molecular weight excluding hydrogens is 523 g/mol. The van der Waals surface area contributed by atoms with Gasteiger partial charge in [-0.1, -0.05) is 12.1 Å². The molecule has 1 aliphatic heterocycles. The summed E-state index contributed by atoms with van der Waals surface area (Å²) in [5, 5.41) is 10.1. The minimum atomic E-state index is -4.58. The minimum absolute atomic E-state index is 0.212. The smallest absolute Gasteiger partial charge is 0.433 e. The van der Waals surface area contributed by atoms with Gasteiger partial charge in [0.2, 0.25) is 11.8 Å². The third kappa shape index (κ3) is 5.02. The Hall–Kier alpha value is -4.66. The molecule has 40 heavy (non-hydrogen) atoms. The third-order valence-corrected chi connectivity index (χ3v) is 6.58. The van der Waals surface area contributed by atoms with Crippen LogP contribution < -0.4 is 5.62 Å². The van der Waals surface area contributed by atoms with E-state index in [0.29, 0.717) is 41.7 Å². The molecule has 0 saturated carbocycles. The van der Waals surface area contributed by atoms with Crippen LogP contribution in [0.3, 0.4) is 0 Å². The van der Waals surface area contributed by atoms with E-state index in [9.17, 15) is 23.2 Å². The number of amides is 1. The molecule has 0 unspecified atom stereocenters. The number of carbonyl (C=O) groups excluding carboxylic acids is 1. The van der Waals surface area contributed by atoms with Gasteiger partial charge in [-0.15, -0.1) is 4.99 Å². The van der Waals surface area contributed by atoms with E-state index in [1.165, 1.54) is 6.07 Å². The molecule has 1 aromatic carbocycles. The average molecular weight is 550 g/mol. The number of alkyl halides is 3. The Morgan fingerprint density at radius 3 is 2.50 bits per heavy atom. The van der Waals surface area contributed by atoms with Crippen LogP contribution in [0.2, 0.25) is 0 Å². The Labute approximate surface area is 227 Å². The van der Waals surface area contributed by atoms with Crippen molar-refractivity contribution >= 4 is 33.6 Å². The van der Waals surface area contributed by atoms with Gasteiger partial charge >= 0.3 is 12.3 Å². The van der Waals surface area contributed by atoms with Crippen molar-refractivity contribution in [2.45, 2.75) is 39.0 Å². The predicted octanol–water partition coefficient (Wildman–Crippen LogP) is 5.34. The summed E-state index contributed by atoms with van der Waals surface area (Å²) < 4.78 is 48.3. The van der Waals surface area contributed by atoms with Gasteiger partial charge < -0.3 is 14.2 Å². The van der Waals surface area contributed by atoms with E-state index in [2.05, 4.69) is 15.0 Å². The molecule has 0 aliphatic carbocycles. The second-order valence-corrected chi connectivity index (χ2v) is 10.4. The fraction of sp³-hybridized carbons (Fsp3) is 0.321. The lowest BCUT2D eigenvalue weighted by molar-refractivity contribution is -0.141. The van der Waals surface area contributed by atoms with Gasteiger partial charge in [-0.3, -0.25) is 9.55 Å². The fourth-order valence-electron chi connectivity index (χ4n) is 4.73. The van der Waals surface area contributed by atoms with Gasteiger partial charge in [-0.25, -0.2) is 9.78 Å². The Morgan fingerprint density at radius 2 is 1.90 bits per heavy atom. The molecule has 0 atom stereocenters. The summed E-state index contributed by atoms with van der Waals surface area (Å²) in [4.78, 5) is 26.3. The van der Waals surface area contributed by atoms with Crippen LogP contribution in [-0.4, -0.2) is 48.8 Å². The first-order valence-electron chi connectivity index (χ1n) is 12.5. The highest BCUT2D eigenvalue weighted by Crippen LogP contribution is 2.32. The van der Waals surface area contributed by atoms with E-state index < -0.39 is 17.5 Å². The monoisotopic (exact) mass is 549 g/mol. The molecule has 12 heteroatoms. The number of benzene rings is 1.